The van der Waals surface area contributed by atoms with Gasteiger partial charge in [-0.25, -0.2) is 13.4 Å². The molecule has 1 heterocycles. The van der Waals surface area contributed by atoms with E-state index in [2.05, 4.69) is 9.82 Å². The fourth-order valence-corrected chi connectivity index (χ4v) is 4.38. The average Bonchev–Trinajstić information content (AvgIpc) is 3.18. The van der Waals surface area contributed by atoms with Gasteiger partial charge >= 0.3 is 0 Å². The fraction of sp³-hybridized carbons (Fsp3) is 0.167. The maximum Gasteiger partial charge on any atom is 0.274 e. The zero-order valence-corrected chi connectivity index (χ0v) is 18.1. The lowest BCUT2D eigenvalue weighted by Crippen LogP contribution is -2.27. The molecule has 0 spiro atoms. The van der Waals surface area contributed by atoms with E-state index in [1.807, 2.05) is 61.5 Å². The lowest BCUT2D eigenvalue weighted by atomic mass is 9.94. The number of benzene rings is 3. The molecule has 6 nitrogen and oxygen atoms in total. The summed E-state index contributed by atoms with van der Waals surface area (Å²) in [5, 5.41) is 6.21. The van der Waals surface area contributed by atoms with Crippen molar-refractivity contribution < 1.29 is 13.2 Å². The molecule has 3 aromatic rings. The Labute approximate surface area is 182 Å². The minimum Gasteiger partial charge on any atom is -0.283 e. The SMILES string of the molecule is Cc1ccccc1[C@@H]1CC(c2ccccc2NS(C)(=O)=O)=NN1C(=O)c1ccccc1. The zero-order chi connectivity index (χ0) is 22.0. The van der Waals surface area contributed by atoms with Crippen molar-refractivity contribution in [2.75, 3.05) is 11.0 Å². The van der Waals surface area contributed by atoms with Crippen LogP contribution in [0.25, 0.3) is 0 Å². The molecule has 1 aliphatic heterocycles. The molecule has 1 N–H and O–H groups in total. The second-order valence-corrected chi connectivity index (χ2v) is 9.31. The molecule has 31 heavy (non-hydrogen) atoms. The number of sulfonamides is 1. The molecule has 1 amide bonds. The van der Waals surface area contributed by atoms with Gasteiger partial charge in [0, 0.05) is 17.5 Å². The highest BCUT2D eigenvalue weighted by Gasteiger charge is 2.35. The van der Waals surface area contributed by atoms with Gasteiger partial charge in [0.25, 0.3) is 5.91 Å². The Bertz CT molecular complexity index is 1250. The Morgan fingerprint density at radius 3 is 2.32 bits per heavy atom. The Hall–Kier alpha value is -3.45. The molecule has 0 aromatic heterocycles. The number of hydrazone groups is 1. The number of nitrogens with one attached hydrogen (secondary N) is 1. The van der Waals surface area contributed by atoms with Crippen molar-refractivity contribution in [2.24, 2.45) is 5.10 Å². The van der Waals surface area contributed by atoms with Crippen LogP contribution in [0.15, 0.2) is 84.0 Å². The Balaban J connectivity index is 1.79. The number of hydrogen-bond acceptors (Lipinski definition) is 4. The molecule has 0 radical (unpaired) electrons. The van der Waals surface area contributed by atoms with E-state index in [0.717, 1.165) is 17.4 Å². The number of para-hydroxylation sites is 1. The molecule has 1 atom stereocenters. The standard InChI is InChI=1S/C24H23N3O3S/c1-17-10-6-7-13-19(17)23-16-22(20-14-8-9-15-21(20)26-31(2,29)30)25-27(23)24(28)18-11-4-3-5-12-18/h3-15,23,26H,16H2,1-2H3/t23-/m0/s1. The first-order valence-corrected chi connectivity index (χ1v) is 11.8. The van der Waals surface area contributed by atoms with Gasteiger partial charge in [0.15, 0.2) is 0 Å². The van der Waals surface area contributed by atoms with Gasteiger partial charge in [-0.2, -0.15) is 5.10 Å². The summed E-state index contributed by atoms with van der Waals surface area (Å²) in [5.74, 6) is -0.197. The predicted octanol–water partition coefficient (Wildman–Crippen LogP) is 4.36. The van der Waals surface area contributed by atoms with Gasteiger partial charge in [0.2, 0.25) is 10.0 Å². The number of carbonyl (C=O) groups excluding carboxylic acids is 1. The molecule has 0 saturated heterocycles. The summed E-state index contributed by atoms with van der Waals surface area (Å²) in [6, 6.07) is 23.8. The molecule has 0 aliphatic carbocycles. The Morgan fingerprint density at radius 2 is 1.61 bits per heavy atom. The van der Waals surface area contributed by atoms with Gasteiger partial charge < -0.3 is 0 Å². The largest absolute Gasteiger partial charge is 0.283 e. The second-order valence-electron chi connectivity index (χ2n) is 7.56. The molecule has 0 fully saturated rings. The van der Waals surface area contributed by atoms with Crippen LogP contribution in [0.1, 0.15) is 39.5 Å². The van der Waals surface area contributed by atoms with Gasteiger partial charge in [-0.05, 0) is 36.2 Å². The third kappa shape index (κ3) is 4.51. The minimum absolute atomic E-state index is 0.197. The van der Waals surface area contributed by atoms with Crippen molar-refractivity contribution >= 4 is 27.3 Å². The van der Waals surface area contributed by atoms with Gasteiger partial charge in [0.05, 0.1) is 23.7 Å². The Morgan fingerprint density at radius 1 is 0.968 bits per heavy atom. The maximum absolute atomic E-state index is 13.3. The summed E-state index contributed by atoms with van der Waals surface area (Å²) in [4.78, 5) is 13.3. The molecule has 0 unspecified atom stereocenters. The first-order valence-electron chi connectivity index (χ1n) is 9.92. The van der Waals surface area contributed by atoms with E-state index in [-0.39, 0.29) is 11.9 Å². The van der Waals surface area contributed by atoms with Crippen LogP contribution in [0.2, 0.25) is 0 Å². The van der Waals surface area contributed by atoms with Gasteiger partial charge in [-0.15, -0.1) is 0 Å². The normalized spacial score (nSPS) is 16.1. The molecule has 1 aliphatic rings. The molecular weight excluding hydrogens is 410 g/mol. The van der Waals surface area contributed by atoms with Crippen molar-refractivity contribution in [1.82, 2.24) is 5.01 Å². The quantitative estimate of drug-likeness (QED) is 0.649. The van der Waals surface area contributed by atoms with Crippen molar-refractivity contribution in [3.63, 3.8) is 0 Å². The number of aryl methyl sites for hydroxylation is 1. The van der Waals surface area contributed by atoms with Crippen LogP contribution < -0.4 is 4.72 Å². The molecule has 158 valence electrons. The molecular formula is C24H23N3O3S. The van der Waals surface area contributed by atoms with Crippen LogP contribution in [-0.4, -0.2) is 31.3 Å². The molecule has 3 aromatic carbocycles. The van der Waals surface area contributed by atoms with Crippen LogP contribution in [0.5, 0.6) is 0 Å². The summed E-state index contributed by atoms with van der Waals surface area (Å²) >= 11 is 0. The van der Waals surface area contributed by atoms with Crippen LogP contribution in [0, 0.1) is 6.92 Å². The third-order valence-corrected chi connectivity index (χ3v) is 5.81. The topological polar surface area (TPSA) is 78.8 Å². The number of rotatable bonds is 5. The van der Waals surface area contributed by atoms with Crippen LogP contribution >= 0.6 is 0 Å². The first kappa shape index (κ1) is 20.8. The summed E-state index contributed by atoms with van der Waals surface area (Å²) in [6.45, 7) is 2.01. The highest BCUT2D eigenvalue weighted by atomic mass is 32.2. The summed E-state index contributed by atoms with van der Waals surface area (Å²) in [5.41, 5.74) is 4.39. The lowest BCUT2D eigenvalue weighted by molar-refractivity contribution is 0.0711. The van der Waals surface area contributed by atoms with E-state index in [1.54, 1.807) is 24.3 Å². The highest BCUT2D eigenvalue weighted by Crippen LogP contribution is 2.36. The second kappa shape index (κ2) is 8.35. The molecule has 7 heteroatoms. The monoisotopic (exact) mass is 433 g/mol. The predicted molar refractivity (Wildman–Crippen MR) is 123 cm³/mol. The van der Waals surface area contributed by atoms with E-state index >= 15 is 0 Å². The van der Waals surface area contributed by atoms with E-state index in [9.17, 15) is 13.2 Å². The summed E-state index contributed by atoms with van der Waals surface area (Å²) in [6.07, 6.45) is 1.59. The first-order chi connectivity index (χ1) is 14.8. The van der Waals surface area contributed by atoms with Crippen LogP contribution in [0.4, 0.5) is 5.69 Å². The van der Waals surface area contributed by atoms with Gasteiger partial charge in [0.1, 0.15) is 0 Å². The third-order valence-electron chi connectivity index (χ3n) is 5.22. The number of carbonyl (C=O) groups is 1. The minimum atomic E-state index is -3.46. The van der Waals surface area contributed by atoms with Crippen LogP contribution in [-0.2, 0) is 10.0 Å². The van der Waals surface area contributed by atoms with Crippen molar-refractivity contribution in [3.8, 4) is 0 Å². The number of nitrogens with zero attached hydrogens (tertiary/aromatic N) is 2. The maximum atomic E-state index is 13.3. The fourth-order valence-electron chi connectivity index (χ4n) is 3.80. The summed E-state index contributed by atoms with van der Waals surface area (Å²) < 4.78 is 26.2. The zero-order valence-electron chi connectivity index (χ0n) is 17.3. The highest BCUT2D eigenvalue weighted by molar-refractivity contribution is 7.92. The van der Waals surface area contributed by atoms with Crippen molar-refractivity contribution in [1.29, 1.82) is 0 Å². The van der Waals surface area contributed by atoms with E-state index in [4.69, 9.17) is 0 Å². The molecule has 0 saturated carbocycles. The van der Waals surface area contributed by atoms with Gasteiger partial charge in [-0.3, -0.25) is 9.52 Å². The number of amides is 1. The van der Waals surface area contributed by atoms with Gasteiger partial charge in [-0.1, -0.05) is 60.7 Å². The number of anilines is 1. The van der Waals surface area contributed by atoms with Crippen molar-refractivity contribution in [3.05, 3.63) is 101 Å². The summed E-state index contributed by atoms with van der Waals surface area (Å²) in [7, 11) is -3.46. The van der Waals surface area contributed by atoms with Crippen LogP contribution in [0.3, 0.4) is 0 Å². The van der Waals surface area contributed by atoms with Crippen molar-refractivity contribution in [2.45, 2.75) is 19.4 Å². The molecule has 4 rings (SSSR count). The van der Waals surface area contributed by atoms with E-state index < -0.39 is 10.0 Å². The number of hydrogen-bond donors (Lipinski definition) is 1. The lowest BCUT2D eigenvalue weighted by Gasteiger charge is -2.23. The van der Waals surface area contributed by atoms with E-state index in [1.165, 1.54) is 5.01 Å². The average molecular weight is 434 g/mol. The van der Waals surface area contributed by atoms with E-state index in [0.29, 0.717) is 28.9 Å². The molecule has 0 bridgehead atoms. The smallest absolute Gasteiger partial charge is 0.274 e. The Kier molecular flexibility index (Phi) is 5.61.